The minimum atomic E-state index is -0.880. The molecule has 110 valence electrons. The van der Waals surface area contributed by atoms with Crippen molar-refractivity contribution in [3.8, 4) is 0 Å². The van der Waals surface area contributed by atoms with Crippen LogP contribution in [0.4, 0.5) is 8.78 Å². The first-order chi connectivity index (χ1) is 9.49. The van der Waals surface area contributed by atoms with Gasteiger partial charge in [0.25, 0.3) is 5.91 Å². The predicted octanol–water partition coefficient (Wildman–Crippen LogP) is 4.40. The molecule has 1 aliphatic rings. The van der Waals surface area contributed by atoms with Crippen LogP contribution in [0.2, 0.25) is 0 Å². The highest BCUT2D eigenvalue weighted by Crippen LogP contribution is 2.24. The molecular formula is C14H15BrClF2NO. The van der Waals surface area contributed by atoms with Crippen LogP contribution in [-0.2, 0) is 0 Å². The summed E-state index contributed by atoms with van der Waals surface area (Å²) in [4.78, 5) is 12.1. The summed E-state index contributed by atoms with van der Waals surface area (Å²) in [7, 11) is 0. The number of carbonyl (C=O) groups excluding carboxylic acids is 1. The number of hydrogen-bond acceptors (Lipinski definition) is 1. The largest absolute Gasteiger partial charge is 0.348 e. The molecule has 1 aromatic rings. The lowest BCUT2D eigenvalue weighted by atomic mass is 10.1. The normalized spacial score (nSPS) is 23.2. The number of nitrogens with one attached hydrogen (secondary N) is 1. The number of rotatable bonds is 2. The zero-order valence-corrected chi connectivity index (χ0v) is 13.1. The molecule has 2 nitrogen and oxygen atoms in total. The molecule has 0 bridgehead atoms. The van der Waals surface area contributed by atoms with Gasteiger partial charge in [0.05, 0.1) is 5.38 Å². The molecule has 1 fully saturated rings. The highest BCUT2D eigenvalue weighted by atomic mass is 79.9. The van der Waals surface area contributed by atoms with E-state index in [1.54, 1.807) is 0 Å². The van der Waals surface area contributed by atoms with E-state index in [-0.39, 0.29) is 15.9 Å². The van der Waals surface area contributed by atoms with Crippen molar-refractivity contribution in [1.82, 2.24) is 5.32 Å². The van der Waals surface area contributed by atoms with Crippen molar-refractivity contribution in [2.75, 3.05) is 0 Å². The molecule has 0 saturated heterocycles. The van der Waals surface area contributed by atoms with Gasteiger partial charge in [-0.15, -0.1) is 11.6 Å². The molecule has 0 aliphatic heterocycles. The van der Waals surface area contributed by atoms with E-state index in [0.29, 0.717) is 0 Å². The summed E-state index contributed by atoms with van der Waals surface area (Å²) in [6, 6.07) is 1.90. The van der Waals surface area contributed by atoms with Crippen LogP contribution in [0, 0.1) is 11.6 Å². The summed E-state index contributed by atoms with van der Waals surface area (Å²) in [6.07, 6.45) is 4.58. The van der Waals surface area contributed by atoms with Crippen LogP contribution < -0.4 is 5.32 Å². The van der Waals surface area contributed by atoms with Crippen LogP contribution in [0.5, 0.6) is 0 Å². The maximum atomic E-state index is 13.7. The van der Waals surface area contributed by atoms with Crippen LogP contribution in [0.25, 0.3) is 0 Å². The molecule has 0 spiro atoms. The summed E-state index contributed by atoms with van der Waals surface area (Å²) < 4.78 is 27.7. The third-order valence-corrected chi connectivity index (χ3v) is 4.46. The maximum Gasteiger partial charge on any atom is 0.257 e. The molecule has 1 amide bonds. The summed E-state index contributed by atoms with van der Waals surface area (Å²) >= 11 is 9.20. The van der Waals surface area contributed by atoms with Crippen molar-refractivity contribution >= 4 is 33.4 Å². The molecule has 20 heavy (non-hydrogen) atoms. The second-order valence-corrected chi connectivity index (χ2v) is 6.45. The van der Waals surface area contributed by atoms with Crippen LogP contribution in [0.1, 0.15) is 42.5 Å². The molecule has 1 N–H and O–H groups in total. The fraction of sp³-hybridized carbons (Fsp3) is 0.500. The average molecular weight is 367 g/mol. The highest BCUT2D eigenvalue weighted by molar-refractivity contribution is 9.10. The van der Waals surface area contributed by atoms with Crippen LogP contribution in [0.3, 0.4) is 0 Å². The monoisotopic (exact) mass is 365 g/mol. The maximum absolute atomic E-state index is 13.7. The van der Waals surface area contributed by atoms with Gasteiger partial charge in [0.2, 0.25) is 0 Å². The zero-order valence-electron chi connectivity index (χ0n) is 10.8. The van der Waals surface area contributed by atoms with E-state index >= 15 is 0 Å². The molecule has 2 unspecified atom stereocenters. The molecule has 6 heteroatoms. The molecule has 0 heterocycles. The van der Waals surface area contributed by atoms with Gasteiger partial charge in [0, 0.05) is 10.5 Å². The minimum Gasteiger partial charge on any atom is -0.348 e. The van der Waals surface area contributed by atoms with Crippen molar-refractivity contribution in [2.45, 2.75) is 43.5 Å². The van der Waals surface area contributed by atoms with Crippen molar-refractivity contribution < 1.29 is 13.6 Å². The summed E-state index contributed by atoms with van der Waals surface area (Å²) in [5, 5.41) is 2.47. The second-order valence-electron chi connectivity index (χ2n) is 4.98. The Morgan fingerprint density at radius 2 is 1.80 bits per heavy atom. The molecular weight excluding hydrogens is 352 g/mol. The first kappa shape index (κ1) is 15.7. The van der Waals surface area contributed by atoms with Gasteiger partial charge in [0.15, 0.2) is 0 Å². The van der Waals surface area contributed by atoms with E-state index in [4.69, 9.17) is 11.6 Å². The fourth-order valence-electron chi connectivity index (χ4n) is 2.42. The fourth-order valence-corrected chi connectivity index (χ4v) is 3.17. The van der Waals surface area contributed by atoms with Crippen LogP contribution in [0.15, 0.2) is 16.6 Å². The van der Waals surface area contributed by atoms with E-state index in [2.05, 4.69) is 21.2 Å². The van der Waals surface area contributed by atoms with Gasteiger partial charge in [-0.3, -0.25) is 4.79 Å². The number of carbonyl (C=O) groups is 1. The Balaban J connectivity index is 2.15. The Morgan fingerprint density at radius 1 is 1.20 bits per heavy atom. The zero-order chi connectivity index (χ0) is 14.7. The van der Waals surface area contributed by atoms with E-state index in [9.17, 15) is 13.6 Å². The van der Waals surface area contributed by atoms with Gasteiger partial charge in [-0.05, 0) is 25.0 Å². The Kier molecular flexibility index (Phi) is 5.38. The first-order valence-electron chi connectivity index (χ1n) is 6.58. The van der Waals surface area contributed by atoms with Crippen LogP contribution >= 0.6 is 27.5 Å². The third-order valence-electron chi connectivity index (χ3n) is 3.48. The summed E-state index contributed by atoms with van der Waals surface area (Å²) in [6.45, 7) is 0. The van der Waals surface area contributed by atoms with Gasteiger partial charge in [0.1, 0.15) is 17.2 Å². The number of alkyl halides is 1. The molecule has 1 saturated carbocycles. The molecule has 2 atom stereocenters. The second kappa shape index (κ2) is 6.85. The molecule has 1 aromatic carbocycles. The molecule has 1 aliphatic carbocycles. The van der Waals surface area contributed by atoms with E-state index in [0.717, 1.165) is 44.2 Å². The minimum absolute atomic E-state index is 0.192. The lowest BCUT2D eigenvalue weighted by Crippen LogP contribution is -2.41. The third kappa shape index (κ3) is 3.70. The quantitative estimate of drug-likeness (QED) is 0.610. The van der Waals surface area contributed by atoms with Crippen molar-refractivity contribution in [1.29, 1.82) is 0 Å². The lowest BCUT2D eigenvalue weighted by molar-refractivity contribution is 0.0925. The van der Waals surface area contributed by atoms with Gasteiger partial charge >= 0.3 is 0 Å². The smallest absolute Gasteiger partial charge is 0.257 e. The van der Waals surface area contributed by atoms with Gasteiger partial charge in [-0.25, -0.2) is 8.78 Å². The van der Waals surface area contributed by atoms with Gasteiger partial charge in [-0.2, -0.15) is 0 Å². The highest BCUT2D eigenvalue weighted by Gasteiger charge is 2.26. The first-order valence-corrected chi connectivity index (χ1v) is 7.81. The van der Waals surface area contributed by atoms with Crippen molar-refractivity contribution in [3.63, 3.8) is 0 Å². The number of benzene rings is 1. The molecule has 0 radical (unpaired) electrons. The van der Waals surface area contributed by atoms with Crippen molar-refractivity contribution in [3.05, 3.63) is 33.8 Å². The predicted molar refractivity (Wildman–Crippen MR) is 78.0 cm³/mol. The van der Waals surface area contributed by atoms with Gasteiger partial charge < -0.3 is 5.32 Å². The topological polar surface area (TPSA) is 29.1 Å². The van der Waals surface area contributed by atoms with E-state index in [1.807, 2.05) is 0 Å². The number of hydrogen-bond donors (Lipinski definition) is 1. The van der Waals surface area contributed by atoms with E-state index < -0.39 is 23.1 Å². The molecule has 0 aromatic heterocycles. The lowest BCUT2D eigenvalue weighted by Gasteiger charge is -2.21. The Bertz CT molecular complexity index is 489. The van der Waals surface area contributed by atoms with E-state index in [1.165, 1.54) is 0 Å². The Hall–Kier alpha value is -0.680. The number of amides is 1. The summed E-state index contributed by atoms with van der Waals surface area (Å²) in [5.41, 5.74) is -0.554. The standard InChI is InChI=1S/C14H15BrClF2NO/c15-8-6-10(17)13(11(18)7-8)14(20)19-12-5-3-1-2-4-9(12)16/h6-7,9,12H,1-5H2,(H,19,20). The summed E-state index contributed by atoms with van der Waals surface area (Å²) in [5.74, 6) is -2.51. The number of halogens is 4. The Labute approximate surface area is 130 Å². The van der Waals surface area contributed by atoms with Crippen molar-refractivity contribution in [2.24, 2.45) is 0 Å². The molecule has 2 rings (SSSR count). The van der Waals surface area contributed by atoms with Gasteiger partial charge in [-0.1, -0.05) is 35.2 Å². The van der Waals surface area contributed by atoms with Crippen LogP contribution in [-0.4, -0.2) is 17.3 Å². The Morgan fingerprint density at radius 3 is 2.45 bits per heavy atom. The average Bonchev–Trinajstić information content (AvgIpc) is 2.53. The SMILES string of the molecule is O=C(NC1CCCCCC1Cl)c1c(F)cc(Br)cc1F.